The first-order valence-corrected chi connectivity index (χ1v) is 8.64. The van der Waals surface area contributed by atoms with Gasteiger partial charge in [0.05, 0.1) is 6.61 Å². The van der Waals surface area contributed by atoms with E-state index in [0.29, 0.717) is 12.4 Å². The lowest BCUT2D eigenvalue weighted by molar-refractivity contribution is -0.148. The smallest absolute Gasteiger partial charge is 0.345 e. The normalized spacial score (nSPS) is 12.4. The Kier molecular flexibility index (Phi) is 9.19. The molecular weight excluding hydrogens is 284 g/mol. The molecule has 21 heavy (non-hydrogen) atoms. The highest BCUT2D eigenvalue weighted by Gasteiger charge is 2.16. The predicted octanol–water partition coefficient (Wildman–Crippen LogP) is 4.00. The molecule has 0 bridgehead atoms. The molecular formula is C17H26O3S. The minimum absolute atomic E-state index is 0.403. The molecule has 0 spiro atoms. The first-order valence-electron chi connectivity index (χ1n) is 7.60. The summed E-state index contributed by atoms with van der Waals surface area (Å²) >= 11 is 1.19. The first kappa shape index (κ1) is 18.1. The van der Waals surface area contributed by atoms with E-state index in [2.05, 4.69) is 13.8 Å². The molecule has 0 amide bonds. The molecule has 0 saturated carbocycles. The lowest BCUT2D eigenvalue weighted by Crippen LogP contribution is -2.20. The molecule has 0 saturated heterocycles. The molecule has 0 aliphatic rings. The molecule has 1 N–H and O–H groups in total. The summed E-state index contributed by atoms with van der Waals surface area (Å²) in [6, 6.07) is 9.77. The van der Waals surface area contributed by atoms with E-state index < -0.39 is 11.4 Å². The molecule has 0 aliphatic heterocycles. The van der Waals surface area contributed by atoms with E-state index in [0.717, 1.165) is 24.3 Å². The van der Waals surface area contributed by atoms with Gasteiger partial charge in [-0.05, 0) is 17.9 Å². The van der Waals surface area contributed by atoms with Crippen LogP contribution in [0.3, 0.4) is 0 Å². The number of esters is 1. The number of carbonyl (C=O) groups is 1. The van der Waals surface area contributed by atoms with Gasteiger partial charge in [-0.2, -0.15) is 0 Å². The second-order valence-corrected chi connectivity index (χ2v) is 6.63. The highest BCUT2D eigenvalue weighted by atomic mass is 32.2. The summed E-state index contributed by atoms with van der Waals surface area (Å²) < 4.78 is 5.09. The number of aliphatic hydroxyl groups excluding tert-OH is 1. The van der Waals surface area contributed by atoms with Gasteiger partial charge in [0, 0.05) is 5.75 Å². The van der Waals surface area contributed by atoms with Crippen molar-refractivity contribution in [3.05, 3.63) is 35.9 Å². The van der Waals surface area contributed by atoms with Crippen LogP contribution in [0.2, 0.25) is 0 Å². The number of rotatable bonds is 10. The minimum atomic E-state index is -1.10. The minimum Gasteiger partial charge on any atom is -0.463 e. The van der Waals surface area contributed by atoms with E-state index >= 15 is 0 Å². The molecule has 1 aromatic carbocycles. The van der Waals surface area contributed by atoms with E-state index in [1.54, 1.807) is 0 Å². The van der Waals surface area contributed by atoms with Crippen LogP contribution in [0.4, 0.5) is 0 Å². The standard InChI is InChI=1S/C17H26O3S/c1-14(2)9-5-4-8-12-20-16(18)17(19)21-13-15-10-6-3-7-11-15/h3,6-7,10-11,14,17,19H,4-5,8-9,12-13H2,1-2H3. The van der Waals surface area contributed by atoms with Crippen molar-refractivity contribution in [2.45, 2.75) is 50.7 Å². The Morgan fingerprint density at radius 2 is 1.90 bits per heavy atom. The van der Waals surface area contributed by atoms with E-state index in [-0.39, 0.29) is 0 Å². The topological polar surface area (TPSA) is 46.5 Å². The number of ether oxygens (including phenoxy) is 1. The summed E-state index contributed by atoms with van der Waals surface area (Å²) in [5.41, 5.74) is -0.0103. The van der Waals surface area contributed by atoms with Crippen LogP contribution in [-0.4, -0.2) is 23.1 Å². The van der Waals surface area contributed by atoms with Crippen molar-refractivity contribution in [2.75, 3.05) is 6.61 Å². The summed E-state index contributed by atoms with van der Waals surface area (Å²) in [5, 5.41) is 9.74. The van der Waals surface area contributed by atoms with E-state index in [4.69, 9.17) is 4.74 Å². The average Bonchev–Trinajstić information content (AvgIpc) is 2.48. The van der Waals surface area contributed by atoms with Crippen molar-refractivity contribution in [1.29, 1.82) is 0 Å². The SMILES string of the molecule is CC(C)CCCCCOC(=O)C(O)SCc1ccccc1. The van der Waals surface area contributed by atoms with Gasteiger partial charge in [0.25, 0.3) is 0 Å². The third kappa shape index (κ3) is 8.79. The van der Waals surface area contributed by atoms with Gasteiger partial charge >= 0.3 is 5.97 Å². The monoisotopic (exact) mass is 310 g/mol. The summed E-state index contributed by atoms with van der Waals surface area (Å²) in [7, 11) is 0. The van der Waals surface area contributed by atoms with Gasteiger partial charge in [0.1, 0.15) is 0 Å². The van der Waals surface area contributed by atoms with Crippen molar-refractivity contribution in [3.8, 4) is 0 Å². The van der Waals surface area contributed by atoms with E-state index in [9.17, 15) is 9.90 Å². The molecule has 0 heterocycles. The largest absolute Gasteiger partial charge is 0.463 e. The fourth-order valence-electron chi connectivity index (χ4n) is 1.89. The third-order valence-electron chi connectivity index (χ3n) is 3.12. The second-order valence-electron chi connectivity index (χ2n) is 5.56. The van der Waals surface area contributed by atoms with Crippen LogP contribution in [0.1, 0.15) is 45.1 Å². The number of hydrogen-bond donors (Lipinski definition) is 1. The maximum Gasteiger partial charge on any atom is 0.345 e. The first-order chi connectivity index (χ1) is 10.1. The molecule has 1 aromatic rings. The Morgan fingerprint density at radius 3 is 2.57 bits per heavy atom. The van der Waals surface area contributed by atoms with Gasteiger partial charge in [-0.3, -0.25) is 0 Å². The number of thioether (sulfide) groups is 1. The summed E-state index contributed by atoms with van der Waals surface area (Å²) in [6.07, 6.45) is 4.32. The quantitative estimate of drug-likeness (QED) is 0.403. The molecule has 3 nitrogen and oxygen atoms in total. The molecule has 0 fully saturated rings. The predicted molar refractivity (Wildman–Crippen MR) is 88.0 cm³/mol. The van der Waals surface area contributed by atoms with Crippen LogP contribution in [0.15, 0.2) is 30.3 Å². The van der Waals surface area contributed by atoms with Crippen LogP contribution < -0.4 is 0 Å². The lowest BCUT2D eigenvalue weighted by atomic mass is 10.1. The van der Waals surface area contributed by atoms with Crippen LogP contribution in [0.5, 0.6) is 0 Å². The zero-order chi connectivity index (χ0) is 15.5. The Morgan fingerprint density at radius 1 is 1.19 bits per heavy atom. The number of carbonyl (C=O) groups excluding carboxylic acids is 1. The maximum absolute atomic E-state index is 11.6. The average molecular weight is 310 g/mol. The van der Waals surface area contributed by atoms with Crippen molar-refractivity contribution in [2.24, 2.45) is 5.92 Å². The van der Waals surface area contributed by atoms with Crippen molar-refractivity contribution in [1.82, 2.24) is 0 Å². The van der Waals surface area contributed by atoms with E-state index in [1.807, 2.05) is 30.3 Å². The van der Waals surface area contributed by atoms with E-state index in [1.165, 1.54) is 24.6 Å². The van der Waals surface area contributed by atoms with Gasteiger partial charge in [0.15, 0.2) is 5.44 Å². The van der Waals surface area contributed by atoms with Crippen molar-refractivity contribution >= 4 is 17.7 Å². The Balaban J connectivity index is 2.08. The van der Waals surface area contributed by atoms with Gasteiger partial charge in [0.2, 0.25) is 0 Å². The molecule has 1 unspecified atom stereocenters. The summed E-state index contributed by atoms with van der Waals surface area (Å²) in [5.74, 6) is 0.800. The highest BCUT2D eigenvalue weighted by molar-refractivity contribution is 7.99. The lowest BCUT2D eigenvalue weighted by Gasteiger charge is -2.10. The Hall–Kier alpha value is -1.00. The Labute approximate surface area is 132 Å². The molecule has 1 atom stereocenters. The number of benzene rings is 1. The maximum atomic E-state index is 11.6. The molecule has 0 aliphatic carbocycles. The van der Waals surface area contributed by atoms with Crippen LogP contribution >= 0.6 is 11.8 Å². The summed E-state index contributed by atoms with van der Waals surface area (Å²) in [4.78, 5) is 11.6. The van der Waals surface area contributed by atoms with Gasteiger partial charge in [-0.1, -0.05) is 63.4 Å². The second kappa shape index (κ2) is 10.7. The third-order valence-corrected chi connectivity index (χ3v) is 4.13. The number of aliphatic hydroxyl groups is 1. The fraction of sp³-hybridized carbons (Fsp3) is 0.588. The number of hydrogen-bond acceptors (Lipinski definition) is 4. The van der Waals surface area contributed by atoms with Gasteiger partial charge in [-0.25, -0.2) is 4.79 Å². The van der Waals surface area contributed by atoms with Gasteiger partial charge < -0.3 is 9.84 Å². The fourth-order valence-corrected chi connectivity index (χ4v) is 2.64. The molecule has 0 radical (unpaired) electrons. The van der Waals surface area contributed by atoms with Crippen LogP contribution in [0, 0.1) is 5.92 Å². The van der Waals surface area contributed by atoms with Crippen molar-refractivity contribution in [3.63, 3.8) is 0 Å². The van der Waals surface area contributed by atoms with Crippen molar-refractivity contribution < 1.29 is 14.6 Å². The van der Waals surface area contributed by atoms with Crippen LogP contribution in [-0.2, 0) is 15.3 Å². The van der Waals surface area contributed by atoms with Crippen LogP contribution in [0.25, 0.3) is 0 Å². The zero-order valence-electron chi connectivity index (χ0n) is 13.0. The molecule has 4 heteroatoms. The molecule has 0 aromatic heterocycles. The highest BCUT2D eigenvalue weighted by Crippen LogP contribution is 2.17. The zero-order valence-corrected chi connectivity index (χ0v) is 13.8. The Bertz CT molecular complexity index is 392. The molecule has 1 rings (SSSR count). The summed E-state index contributed by atoms with van der Waals surface area (Å²) in [6.45, 7) is 4.82. The number of unbranched alkanes of at least 4 members (excludes halogenated alkanes) is 2. The molecule has 118 valence electrons. The van der Waals surface area contributed by atoms with Gasteiger partial charge in [-0.15, -0.1) is 11.8 Å².